The van der Waals surface area contributed by atoms with Crippen LogP contribution in [0.5, 0.6) is 0 Å². The maximum atomic E-state index is 11.8. The third-order valence-corrected chi connectivity index (χ3v) is 4.18. The standard InChI is InChI=1S/C16H28O2/c1-3-4-5-6-7-14-9-11-16(18)15(12-14)10-8-13(2)17/h14-15H,3-12H2,1-2H3. The zero-order valence-electron chi connectivity index (χ0n) is 12.0. The minimum Gasteiger partial charge on any atom is -0.300 e. The average molecular weight is 252 g/mol. The van der Waals surface area contributed by atoms with Crippen LogP contribution in [-0.4, -0.2) is 11.6 Å². The lowest BCUT2D eigenvalue weighted by molar-refractivity contribution is -0.126. The van der Waals surface area contributed by atoms with Crippen LogP contribution < -0.4 is 0 Å². The molecule has 0 aromatic rings. The maximum absolute atomic E-state index is 11.8. The fourth-order valence-electron chi connectivity index (χ4n) is 2.98. The number of carbonyl (C=O) groups is 2. The molecule has 0 aromatic carbocycles. The van der Waals surface area contributed by atoms with Gasteiger partial charge in [-0.1, -0.05) is 39.0 Å². The Labute approximate surface area is 112 Å². The molecule has 104 valence electrons. The Balaban J connectivity index is 2.26. The van der Waals surface area contributed by atoms with E-state index in [2.05, 4.69) is 6.92 Å². The number of ketones is 2. The van der Waals surface area contributed by atoms with Gasteiger partial charge in [-0.2, -0.15) is 0 Å². The zero-order valence-corrected chi connectivity index (χ0v) is 12.0. The van der Waals surface area contributed by atoms with Crippen molar-refractivity contribution in [1.82, 2.24) is 0 Å². The smallest absolute Gasteiger partial charge is 0.136 e. The molecule has 1 aliphatic rings. The van der Waals surface area contributed by atoms with Crippen molar-refractivity contribution in [3.8, 4) is 0 Å². The van der Waals surface area contributed by atoms with E-state index in [0.717, 1.165) is 31.6 Å². The van der Waals surface area contributed by atoms with E-state index in [0.29, 0.717) is 12.2 Å². The van der Waals surface area contributed by atoms with Gasteiger partial charge in [-0.25, -0.2) is 0 Å². The predicted octanol–water partition coefficient (Wildman–Crippen LogP) is 4.31. The van der Waals surface area contributed by atoms with Gasteiger partial charge in [0, 0.05) is 18.8 Å². The molecule has 2 heteroatoms. The molecular weight excluding hydrogens is 224 g/mol. The molecule has 0 N–H and O–H groups in total. The van der Waals surface area contributed by atoms with Crippen molar-refractivity contribution in [3.63, 3.8) is 0 Å². The Bertz CT molecular complexity index is 270. The molecule has 18 heavy (non-hydrogen) atoms. The number of hydrogen-bond donors (Lipinski definition) is 0. The van der Waals surface area contributed by atoms with Crippen LogP contribution in [-0.2, 0) is 9.59 Å². The van der Waals surface area contributed by atoms with Crippen LogP contribution in [0.4, 0.5) is 0 Å². The second-order valence-electron chi connectivity index (χ2n) is 5.89. The monoisotopic (exact) mass is 252 g/mol. The molecule has 0 radical (unpaired) electrons. The molecule has 1 fully saturated rings. The molecule has 2 nitrogen and oxygen atoms in total. The number of Topliss-reactive ketones (excluding diaryl/α,β-unsaturated/α-hetero) is 2. The van der Waals surface area contributed by atoms with E-state index < -0.39 is 0 Å². The summed E-state index contributed by atoms with van der Waals surface area (Å²) in [5, 5.41) is 0. The van der Waals surface area contributed by atoms with Gasteiger partial charge in [0.1, 0.15) is 11.6 Å². The topological polar surface area (TPSA) is 34.1 Å². The van der Waals surface area contributed by atoms with Crippen LogP contribution >= 0.6 is 0 Å². The molecule has 0 aliphatic heterocycles. The highest BCUT2D eigenvalue weighted by molar-refractivity contribution is 5.82. The summed E-state index contributed by atoms with van der Waals surface area (Å²) in [6.07, 6.45) is 10.8. The summed E-state index contributed by atoms with van der Waals surface area (Å²) in [5.74, 6) is 1.53. The maximum Gasteiger partial charge on any atom is 0.136 e. The van der Waals surface area contributed by atoms with E-state index in [1.54, 1.807) is 6.92 Å². The van der Waals surface area contributed by atoms with E-state index in [9.17, 15) is 9.59 Å². The quantitative estimate of drug-likeness (QED) is 0.603. The first kappa shape index (κ1) is 15.4. The van der Waals surface area contributed by atoms with Crippen molar-refractivity contribution in [2.45, 2.75) is 78.1 Å². The van der Waals surface area contributed by atoms with Gasteiger partial charge in [0.15, 0.2) is 0 Å². The summed E-state index contributed by atoms with van der Waals surface area (Å²) < 4.78 is 0. The minimum absolute atomic E-state index is 0.179. The van der Waals surface area contributed by atoms with Crippen LogP contribution in [0.3, 0.4) is 0 Å². The SMILES string of the molecule is CCCCCCC1CCC(=O)C(CCC(C)=O)C1. The lowest BCUT2D eigenvalue weighted by Gasteiger charge is -2.28. The highest BCUT2D eigenvalue weighted by atomic mass is 16.1. The van der Waals surface area contributed by atoms with Crippen LogP contribution in [0, 0.1) is 11.8 Å². The molecule has 0 spiro atoms. The summed E-state index contributed by atoms with van der Waals surface area (Å²) in [6, 6.07) is 0. The van der Waals surface area contributed by atoms with E-state index in [1.165, 1.54) is 32.1 Å². The summed E-state index contributed by atoms with van der Waals surface area (Å²) in [5.41, 5.74) is 0. The van der Waals surface area contributed by atoms with E-state index >= 15 is 0 Å². The van der Waals surface area contributed by atoms with Crippen LogP contribution in [0.15, 0.2) is 0 Å². The van der Waals surface area contributed by atoms with Crippen molar-refractivity contribution in [2.75, 3.05) is 0 Å². The first-order valence-electron chi connectivity index (χ1n) is 7.65. The van der Waals surface area contributed by atoms with Crippen LogP contribution in [0.1, 0.15) is 78.1 Å². The van der Waals surface area contributed by atoms with Crippen molar-refractivity contribution in [3.05, 3.63) is 0 Å². The third-order valence-electron chi connectivity index (χ3n) is 4.18. The molecule has 2 atom stereocenters. The van der Waals surface area contributed by atoms with E-state index in [4.69, 9.17) is 0 Å². The molecule has 1 aliphatic carbocycles. The van der Waals surface area contributed by atoms with Crippen LogP contribution in [0.25, 0.3) is 0 Å². The molecule has 0 saturated heterocycles. The Hall–Kier alpha value is -0.660. The first-order chi connectivity index (χ1) is 8.63. The van der Waals surface area contributed by atoms with Gasteiger partial charge in [0.25, 0.3) is 0 Å². The molecule has 0 amide bonds. The molecule has 0 heterocycles. The van der Waals surface area contributed by atoms with Crippen molar-refractivity contribution < 1.29 is 9.59 Å². The second-order valence-corrected chi connectivity index (χ2v) is 5.89. The van der Waals surface area contributed by atoms with Gasteiger partial charge in [0.05, 0.1) is 0 Å². The van der Waals surface area contributed by atoms with E-state index in [-0.39, 0.29) is 11.7 Å². The van der Waals surface area contributed by atoms with Crippen LogP contribution in [0.2, 0.25) is 0 Å². The van der Waals surface area contributed by atoms with E-state index in [1.807, 2.05) is 0 Å². The van der Waals surface area contributed by atoms with Gasteiger partial charge in [-0.05, 0) is 32.1 Å². The fraction of sp³-hybridized carbons (Fsp3) is 0.875. The highest BCUT2D eigenvalue weighted by Gasteiger charge is 2.28. The average Bonchev–Trinajstić information content (AvgIpc) is 2.34. The van der Waals surface area contributed by atoms with Gasteiger partial charge in [0.2, 0.25) is 0 Å². The lowest BCUT2D eigenvalue weighted by Crippen LogP contribution is -2.25. The normalized spacial score (nSPS) is 24.2. The molecule has 1 saturated carbocycles. The summed E-state index contributed by atoms with van der Waals surface area (Å²) in [4.78, 5) is 22.8. The van der Waals surface area contributed by atoms with Crippen molar-refractivity contribution in [2.24, 2.45) is 11.8 Å². The largest absolute Gasteiger partial charge is 0.300 e. The molecule has 2 unspecified atom stereocenters. The van der Waals surface area contributed by atoms with Gasteiger partial charge >= 0.3 is 0 Å². The summed E-state index contributed by atoms with van der Waals surface area (Å²) in [6.45, 7) is 3.85. The predicted molar refractivity (Wildman–Crippen MR) is 74.5 cm³/mol. The Morgan fingerprint density at radius 3 is 2.67 bits per heavy atom. The first-order valence-corrected chi connectivity index (χ1v) is 7.65. The van der Waals surface area contributed by atoms with Gasteiger partial charge < -0.3 is 4.79 Å². The van der Waals surface area contributed by atoms with Gasteiger partial charge in [-0.3, -0.25) is 4.79 Å². The zero-order chi connectivity index (χ0) is 13.4. The number of unbranched alkanes of at least 4 members (excludes halogenated alkanes) is 3. The van der Waals surface area contributed by atoms with Crippen molar-refractivity contribution in [1.29, 1.82) is 0 Å². The number of hydrogen-bond acceptors (Lipinski definition) is 2. The molecule has 0 aromatic heterocycles. The van der Waals surface area contributed by atoms with Gasteiger partial charge in [-0.15, -0.1) is 0 Å². The lowest BCUT2D eigenvalue weighted by atomic mass is 9.76. The minimum atomic E-state index is 0.179. The molecule has 1 rings (SSSR count). The Morgan fingerprint density at radius 2 is 2.00 bits per heavy atom. The third kappa shape index (κ3) is 5.79. The molecule has 0 bridgehead atoms. The van der Waals surface area contributed by atoms with Crippen molar-refractivity contribution >= 4 is 11.6 Å². The Kier molecular flexibility index (Phi) is 7.22. The highest BCUT2D eigenvalue weighted by Crippen LogP contribution is 2.32. The second kappa shape index (κ2) is 8.44. The Morgan fingerprint density at radius 1 is 1.22 bits per heavy atom. The fourth-order valence-corrected chi connectivity index (χ4v) is 2.98. The number of rotatable bonds is 8. The molecular formula is C16H28O2. The summed E-state index contributed by atoms with van der Waals surface area (Å²) >= 11 is 0. The number of carbonyl (C=O) groups excluding carboxylic acids is 2. The summed E-state index contributed by atoms with van der Waals surface area (Å²) in [7, 11) is 0.